The number of aliphatic imine (C=N–C) groups is 1. The van der Waals surface area contributed by atoms with E-state index in [4.69, 9.17) is 14.5 Å². The highest BCUT2D eigenvalue weighted by atomic mass is 32.1. The largest absolute Gasteiger partial charge is 0.573 e. The molecule has 0 bridgehead atoms. The van der Waals surface area contributed by atoms with E-state index in [2.05, 4.69) is 14.9 Å². The summed E-state index contributed by atoms with van der Waals surface area (Å²) >= 11 is 1.52. The van der Waals surface area contributed by atoms with E-state index in [-0.39, 0.29) is 17.7 Å². The fraction of sp³-hybridized carbons (Fsp3) is 0.344. The van der Waals surface area contributed by atoms with E-state index < -0.39 is 42.3 Å². The van der Waals surface area contributed by atoms with Gasteiger partial charge in [0.25, 0.3) is 0 Å². The number of hydrogen-bond acceptors (Lipinski definition) is 9. The van der Waals surface area contributed by atoms with Gasteiger partial charge in [0.2, 0.25) is 0 Å². The predicted octanol–water partition coefficient (Wildman–Crippen LogP) is 6.91. The summed E-state index contributed by atoms with van der Waals surface area (Å²) in [6, 6.07) is 9.78. The normalized spacial score (nSPS) is 14.5. The first-order valence-corrected chi connectivity index (χ1v) is 15.0. The topological polar surface area (TPSA) is 125 Å². The molecule has 0 amide bonds. The van der Waals surface area contributed by atoms with E-state index in [0.29, 0.717) is 28.5 Å². The van der Waals surface area contributed by atoms with Gasteiger partial charge < -0.3 is 19.3 Å². The van der Waals surface area contributed by atoms with Crippen LogP contribution in [0.3, 0.4) is 0 Å². The van der Waals surface area contributed by atoms with Crippen LogP contribution >= 0.6 is 11.3 Å². The third-order valence-electron chi connectivity index (χ3n) is 7.03. The second kappa shape index (κ2) is 12.2. The Bertz CT molecular complexity index is 1840. The van der Waals surface area contributed by atoms with Crippen LogP contribution < -0.4 is 9.47 Å². The quantitative estimate of drug-likeness (QED) is 0.203. The third kappa shape index (κ3) is 7.06. The Morgan fingerprint density at radius 1 is 1.00 bits per heavy atom. The zero-order chi connectivity index (χ0) is 33.6. The van der Waals surface area contributed by atoms with Gasteiger partial charge in [0.05, 0.1) is 12.1 Å². The molecule has 5 rings (SSSR count). The van der Waals surface area contributed by atoms with E-state index in [1.54, 1.807) is 52.0 Å². The minimum atomic E-state index is -4.99. The summed E-state index contributed by atoms with van der Waals surface area (Å²) in [5.74, 6) is -1.25. The lowest BCUT2D eigenvalue weighted by molar-refractivity contribution is -0.274. The number of fused-ring (bicyclic) bond motifs is 3. The first-order valence-electron chi connectivity index (χ1n) is 14.2. The van der Waals surface area contributed by atoms with E-state index >= 15 is 0 Å². The Balaban J connectivity index is 1.52. The van der Waals surface area contributed by atoms with Gasteiger partial charge in [-0.05, 0) is 64.8 Å². The van der Waals surface area contributed by atoms with E-state index in [0.717, 1.165) is 27.1 Å². The van der Waals surface area contributed by atoms with Gasteiger partial charge >= 0.3 is 18.3 Å². The number of carbonyl (C=O) groups excluding carboxylic acids is 1. The third-order valence-corrected chi connectivity index (χ3v) is 8.22. The number of carboxylic acid groups (broad SMARTS) is 1. The summed E-state index contributed by atoms with van der Waals surface area (Å²) in [6.07, 6.45) is -5.30. The molecule has 0 saturated heterocycles. The molecule has 1 aliphatic rings. The molecule has 10 nitrogen and oxygen atoms in total. The van der Waals surface area contributed by atoms with Crippen LogP contribution in [0, 0.1) is 20.8 Å². The van der Waals surface area contributed by atoms with Gasteiger partial charge in [0.15, 0.2) is 12.4 Å². The molecular formula is C32H31F3N4O6S. The van der Waals surface area contributed by atoms with Gasteiger partial charge in [0.1, 0.15) is 34.0 Å². The Kier molecular flexibility index (Phi) is 8.69. The van der Waals surface area contributed by atoms with Crippen molar-refractivity contribution in [3.8, 4) is 27.6 Å². The molecule has 3 heterocycles. The standard InChI is InChI=1S/C32H31F3N4O6S/c1-16-17(2)46-30-27(16)28(36-23(14-25(40)41)29-38-37-18(3)39(29)30)20-9-7-19(8-10-20)22-12-11-21(13-24(22)44-32(33,34)35)43-15-26(42)45-31(4,5)6/h7-13,23H,14-15H2,1-6H3,(H,40,41). The van der Waals surface area contributed by atoms with Gasteiger partial charge in [-0.25, -0.2) is 4.79 Å². The van der Waals surface area contributed by atoms with Gasteiger partial charge in [-0.1, -0.05) is 24.3 Å². The molecule has 1 N–H and O–H groups in total. The van der Waals surface area contributed by atoms with Crippen LogP contribution in [-0.4, -0.2) is 56.1 Å². The van der Waals surface area contributed by atoms with Crippen molar-refractivity contribution in [3.05, 3.63) is 75.7 Å². The molecular weight excluding hydrogens is 625 g/mol. The van der Waals surface area contributed by atoms with E-state index in [1.165, 1.54) is 23.5 Å². The van der Waals surface area contributed by atoms with Crippen LogP contribution in [0.15, 0.2) is 47.5 Å². The van der Waals surface area contributed by atoms with Crippen LogP contribution in [-0.2, 0) is 14.3 Å². The van der Waals surface area contributed by atoms with Crippen LogP contribution in [0.2, 0.25) is 0 Å². The lowest BCUT2D eigenvalue weighted by Crippen LogP contribution is -2.27. The number of ether oxygens (including phenoxy) is 3. The highest BCUT2D eigenvalue weighted by molar-refractivity contribution is 7.15. The monoisotopic (exact) mass is 656 g/mol. The first kappa shape index (κ1) is 32.7. The summed E-state index contributed by atoms with van der Waals surface area (Å²) in [7, 11) is 0. The number of alkyl halides is 3. The molecule has 1 unspecified atom stereocenters. The van der Waals surface area contributed by atoms with Gasteiger partial charge in [0, 0.05) is 27.6 Å². The van der Waals surface area contributed by atoms with E-state index in [9.17, 15) is 27.9 Å². The van der Waals surface area contributed by atoms with Gasteiger partial charge in [-0.3, -0.25) is 14.4 Å². The second-order valence-electron chi connectivity index (χ2n) is 11.7. The van der Waals surface area contributed by atoms with Crippen molar-refractivity contribution < 1.29 is 42.1 Å². The maximum Gasteiger partial charge on any atom is 0.573 e. The first-order chi connectivity index (χ1) is 21.5. The van der Waals surface area contributed by atoms with Crippen molar-refractivity contribution in [2.75, 3.05) is 6.61 Å². The smallest absolute Gasteiger partial charge is 0.482 e. The van der Waals surface area contributed by atoms with Crippen molar-refractivity contribution >= 4 is 29.0 Å². The molecule has 46 heavy (non-hydrogen) atoms. The molecule has 0 spiro atoms. The lowest BCUT2D eigenvalue weighted by atomic mass is 9.96. The lowest BCUT2D eigenvalue weighted by Gasteiger charge is -2.20. The summed E-state index contributed by atoms with van der Waals surface area (Å²) in [5, 5.41) is 18.9. The van der Waals surface area contributed by atoms with Crippen molar-refractivity contribution in [2.24, 2.45) is 4.99 Å². The number of benzene rings is 2. The number of aliphatic carboxylic acids is 1. The van der Waals surface area contributed by atoms with Gasteiger partial charge in [-0.15, -0.1) is 34.7 Å². The van der Waals surface area contributed by atoms with Crippen LogP contribution in [0.4, 0.5) is 13.2 Å². The molecule has 0 fully saturated rings. The maximum absolute atomic E-state index is 13.4. The Morgan fingerprint density at radius 3 is 2.30 bits per heavy atom. The summed E-state index contributed by atoms with van der Waals surface area (Å²) in [5.41, 5.74) is 2.72. The number of aryl methyl sites for hydroxylation is 2. The van der Waals surface area contributed by atoms with Gasteiger partial charge in [-0.2, -0.15) is 0 Å². The van der Waals surface area contributed by atoms with Crippen molar-refractivity contribution in [1.82, 2.24) is 14.8 Å². The van der Waals surface area contributed by atoms with Crippen molar-refractivity contribution in [2.45, 2.75) is 66.0 Å². The molecule has 0 radical (unpaired) electrons. The Morgan fingerprint density at radius 2 is 1.67 bits per heavy atom. The summed E-state index contributed by atoms with van der Waals surface area (Å²) in [6.45, 7) is 10.3. The van der Waals surface area contributed by atoms with Crippen LogP contribution in [0.25, 0.3) is 16.1 Å². The number of rotatable bonds is 8. The molecule has 242 valence electrons. The zero-order valence-corrected chi connectivity index (χ0v) is 26.7. The highest BCUT2D eigenvalue weighted by Crippen LogP contribution is 2.41. The number of thiophene rings is 1. The minimum absolute atomic E-state index is 0.0131. The number of aromatic nitrogens is 3. The number of carboxylic acids is 1. The molecule has 1 aliphatic heterocycles. The minimum Gasteiger partial charge on any atom is -0.482 e. The average Bonchev–Trinajstić information content (AvgIpc) is 3.42. The molecule has 2 aromatic carbocycles. The van der Waals surface area contributed by atoms with Crippen molar-refractivity contribution in [3.63, 3.8) is 0 Å². The van der Waals surface area contributed by atoms with E-state index in [1.807, 2.05) is 18.4 Å². The Labute approximate surface area is 266 Å². The maximum atomic E-state index is 13.4. The Hall–Kier alpha value is -4.72. The summed E-state index contributed by atoms with van der Waals surface area (Å²) in [4.78, 5) is 29.8. The fourth-order valence-corrected chi connectivity index (χ4v) is 6.27. The zero-order valence-electron chi connectivity index (χ0n) is 25.9. The molecule has 4 aromatic rings. The molecule has 14 heteroatoms. The number of halogens is 3. The second-order valence-corrected chi connectivity index (χ2v) is 12.9. The number of esters is 1. The number of hydrogen-bond donors (Lipinski definition) is 1. The summed E-state index contributed by atoms with van der Waals surface area (Å²) < 4.78 is 57.1. The number of carbonyl (C=O) groups is 2. The molecule has 1 atom stereocenters. The average molecular weight is 657 g/mol. The predicted molar refractivity (Wildman–Crippen MR) is 164 cm³/mol. The fourth-order valence-electron chi connectivity index (χ4n) is 5.05. The molecule has 2 aromatic heterocycles. The molecule has 0 saturated carbocycles. The number of nitrogens with zero attached hydrogens (tertiary/aromatic N) is 4. The van der Waals surface area contributed by atoms with Crippen LogP contribution in [0.1, 0.15) is 66.5 Å². The van der Waals surface area contributed by atoms with Crippen molar-refractivity contribution in [1.29, 1.82) is 0 Å². The van der Waals surface area contributed by atoms with Crippen LogP contribution in [0.5, 0.6) is 11.5 Å². The molecule has 0 aliphatic carbocycles. The highest BCUT2D eigenvalue weighted by Gasteiger charge is 2.34. The SMILES string of the molecule is Cc1sc2c(c1C)C(c1ccc(-c3ccc(OCC(=O)OC(C)(C)C)cc3OC(F)(F)F)cc1)=NC(CC(=O)O)c1nnc(C)n1-2.